The second kappa shape index (κ2) is 5.55. The van der Waals surface area contributed by atoms with E-state index in [9.17, 15) is 0 Å². The molecule has 10 heteroatoms. The molecule has 0 nitrogen and oxygen atoms in total. The zero-order chi connectivity index (χ0) is 11.8. The van der Waals surface area contributed by atoms with Crippen molar-refractivity contribution in [1.82, 2.24) is 0 Å². The highest BCUT2D eigenvalue weighted by Gasteiger charge is 2.51. The first-order valence-electron chi connectivity index (χ1n) is 3.66. The predicted octanol–water partition coefficient (Wildman–Crippen LogP) is 5.65. The number of hydrogen-bond donors (Lipinski definition) is 0. The quantitative estimate of drug-likeness (QED) is 0.430. The molecule has 0 aliphatic carbocycles. The molecule has 0 saturated carbocycles. The van der Waals surface area contributed by atoms with Crippen molar-refractivity contribution >= 4 is 96.9 Å². The van der Waals surface area contributed by atoms with Crippen molar-refractivity contribution in [2.45, 2.75) is 24.3 Å². The van der Waals surface area contributed by atoms with Crippen LogP contribution in [0.3, 0.4) is 0 Å². The van der Waals surface area contributed by atoms with Gasteiger partial charge in [0, 0.05) is 5.16 Å². The standard InChI is InChI=1S/C4H9Cl7Si3/c1-12(5,6)3-4(13(2,7)8)14(9,10)11/h4H,3H2,1-2H3. The summed E-state index contributed by atoms with van der Waals surface area (Å²) in [4.78, 5) is 0. The van der Waals surface area contributed by atoms with Gasteiger partial charge in [-0.1, -0.05) is 0 Å². The third-order valence-electron chi connectivity index (χ3n) is 1.57. The maximum Gasteiger partial charge on any atom is 0.343 e. The van der Waals surface area contributed by atoms with Crippen LogP contribution >= 0.6 is 77.6 Å². The van der Waals surface area contributed by atoms with Crippen molar-refractivity contribution < 1.29 is 0 Å². The molecule has 0 aromatic heterocycles. The van der Waals surface area contributed by atoms with E-state index in [1.165, 1.54) is 0 Å². The van der Waals surface area contributed by atoms with E-state index in [2.05, 4.69) is 0 Å². The predicted molar refractivity (Wildman–Crippen MR) is 78.5 cm³/mol. The Morgan fingerprint density at radius 1 is 0.857 bits per heavy atom. The lowest BCUT2D eigenvalue weighted by Gasteiger charge is -2.30. The van der Waals surface area contributed by atoms with Crippen LogP contribution < -0.4 is 0 Å². The lowest BCUT2D eigenvalue weighted by Crippen LogP contribution is -2.39. The Labute approximate surface area is 120 Å². The molecule has 86 valence electrons. The van der Waals surface area contributed by atoms with Gasteiger partial charge in [-0.25, -0.2) is 0 Å². The summed E-state index contributed by atoms with van der Waals surface area (Å²) in [6.45, 7) is -1.41. The molecule has 0 rings (SSSR count). The molecule has 0 N–H and O–H groups in total. The normalized spacial score (nSPS) is 16.9. The molecule has 0 bridgehead atoms. The zero-order valence-electron chi connectivity index (χ0n) is 7.43. The first-order valence-corrected chi connectivity index (χ1v) is 18.1. The second-order valence-corrected chi connectivity index (χ2v) is 28.8. The lowest BCUT2D eigenvalue weighted by molar-refractivity contribution is 1.26. The van der Waals surface area contributed by atoms with Crippen LogP contribution in [-0.2, 0) is 0 Å². The van der Waals surface area contributed by atoms with Gasteiger partial charge in [0.2, 0.25) is 6.69 Å². The Hall–Kier alpha value is 2.68. The Kier molecular flexibility index (Phi) is 6.61. The largest absolute Gasteiger partial charge is 0.343 e. The van der Waals surface area contributed by atoms with Crippen molar-refractivity contribution in [2.75, 3.05) is 0 Å². The zero-order valence-corrected chi connectivity index (χ0v) is 15.7. The molecule has 0 aromatic carbocycles. The molecule has 0 aliphatic rings. The van der Waals surface area contributed by atoms with Gasteiger partial charge in [0.25, 0.3) is 6.69 Å². The summed E-state index contributed by atoms with van der Waals surface area (Å²) in [6, 6.07) is -2.51. The molecule has 0 saturated heterocycles. The molecule has 0 heterocycles. The van der Waals surface area contributed by atoms with Gasteiger partial charge in [-0.15, -0.1) is 77.6 Å². The molecule has 0 spiro atoms. The van der Waals surface area contributed by atoms with E-state index in [1.54, 1.807) is 13.1 Å². The topological polar surface area (TPSA) is 0 Å². The maximum atomic E-state index is 6.08. The van der Waals surface area contributed by atoms with Crippen LogP contribution in [0.2, 0.25) is 24.3 Å². The summed E-state index contributed by atoms with van der Waals surface area (Å²) in [6.07, 6.45) is 0. The molecule has 0 fully saturated rings. The molecule has 14 heavy (non-hydrogen) atoms. The van der Waals surface area contributed by atoms with Gasteiger partial charge in [-0.05, 0) is 19.1 Å². The van der Waals surface area contributed by atoms with Crippen molar-refractivity contribution in [2.24, 2.45) is 0 Å². The first kappa shape index (κ1) is 16.7. The van der Waals surface area contributed by atoms with E-state index in [0.717, 1.165) is 0 Å². The van der Waals surface area contributed by atoms with Crippen LogP contribution in [0.15, 0.2) is 0 Å². The summed E-state index contributed by atoms with van der Waals surface area (Å²) in [5, 5.41) is -0.324. The highest BCUT2D eigenvalue weighted by atomic mass is 35.8. The minimum absolute atomic E-state index is 0.324. The molecule has 0 amide bonds. The number of hydrogen-bond acceptors (Lipinski definition) is 0. The van der Waals surface area contributed by atoms with Gasteiger partial charge in [0.05, 0.1) is 0 Å². The maximum absolute atomic E-state index is 6.08. The van der Waals surface area contributed by atoms with E-state index in [4.69, 9.17) is 77.6 Å². The van der Waals surface area contributed by atoms with Crippen LogP contribution in [-0.4, -0.2) is 19.4 Å². The van der Waals surface area contributed by atoms with Gasteiger partial charge in [0.1, 0.15) is 0 Å². The monoisotopic (exact) mass is 386 g/mol. The Bertz CT molecular complexity index is 175. The van der Waals surface area contributed by atoms with Gasteiger partial charge < -0.3 is 0 Å². The molecule has 0 aromatic rings. The van der Waals surface area contributed by atoms with Gasteiger partial charge in [0.15, 0.2) is 0 Å². The minimum atomic E-state index is -2.95. The summed E-state index contributed by atoms with van der Waals surface area (Å²) >= 11 is 41.9. The van der Waals surface area contributed by atoms with Gasteiger partial charge in [-0.3, -0.25) is 0 Å². The van der Waals surface area contributed by atoms with Crippen LogP contribution in [0.25, 0.3) is 0 Å². The number of rotatable bonds is 4. The Balaban J connectivity index is 4.78. The summed E-state index contributed by atoms with van der Waals surface area (Å²) in [5.74, 6) is 0. The van der Waals surface area contributed by atoms with Gasteiger partial charge in [-0.2, -0.15) is 0 Å². The Morgan fingerprint density at radius 2 is 1.21 bits per heavy atom. The second-order valence-electron chi connectivity index (χ2n) is 3.32. The lowest BCUT2D eigenvalue weighted by atomic mass is 10.9. The average molecular weight is 390 g/mol. The molecular formula is C4H9Cl7Si3. The van der Waals surface area contributed by atoms with Crippen molar-refractivity contribution in [3.63, 3.8) is 0 Å². The van der Waals surface area contributed by atoms with E-state index in [-0.39, 0.29) is 5.16 Å². The molecular weight excluding hydrogens is 380 g/mol. The fourth-order valence-electron chi connectivity index (χ4n) is 0.941. The minimum Gasteiger partial charge on any atom is -0.146 e. The first-order chi connectivity index (χ1) is 5.84. The number of halogens is 7. The third kappa shape index (κ3) is 7.09. The van der Waals surface area contributed by atoms with E-state index >= 15 is 0 Å². The van der Waals surface area contributed by atoms with E-state index in [1.807, 2.05) is 0 Å². The highest BCUT2D eigenvalue weighted by Crippen LogP contribution is 2.49. The highest BCUT2D eigenvalue weighted by molar-refractivity contribution is 7.70. The van der Waals surface area contributed by atoms with Crippen LogP contribution in [0.5, 0.6) is 0 Å². The third-order valence-corrected chi connectivity index (χ3v) is 16.6. The van der Waals surface area contributed by atoms with Crippen LogP contribution in [0.1, 0.15) is 0 Å². The summed E-state index contributed by atoms with van der Waals surface area (Å²) < 4.78 is 0. The molecule has 1 unspecified atom stereocenters. The SMILES string of the molecule is C[Si](Cl)(Cl)CC([Si](C)(Cl)Cl)[Si](Cl)(Cl)Cl. The van der Waals surface area contributed by atoms with Crippen molar-refractivity contribution in [1.29, 1.82) is 0 Å². The van der Waals surface area contributed by atoms with Crippen molar-refractivity contribution in [3.05, 3.63) is 0 Å². The van der Waals surface area contributed by atoms with Crippen LogP contribution in [0.4, 0.5) is 0 Å². The smallest absolute Gasteiger partial charge is 0.146 e. The molecule has 0 radical (unpaired) electrons. The average Bonchev–Trinajstić information content (AvgIpc) is 1.75. The summed E-state index contributed by atoms with van der Waals surface area (Å²) in [7, 11) is 0. The van der Waals surface area contributed by atoms with Crippen LogP contribution in [0, 0.1) is 0 Å². The van der Waals surface area contributed by atoms with Crippen molar-refractivity contribution in [3.8, 4) is 0 Å². The Morgan fingerprint density at radius 3 is 1.29 bits per heavy atom. The fourth-order valence-corrected chi connectivity index (χ4v) is 26.6. The summed E-state index contributed by atoms with van der Waals surface area (Å²) in [5.41, 5.74) is 0. The van der Waals surface area contributed by atoms with E-state index in [0.29, 0.717) is 6.04 Å². The van der Waals surface area contributed by atoms with Gasteiger partial charge >= 0.3 is 6.00 Å². The fraction of sp³-hybridized carbons (Fsp3) is 1.00. The van der Waals surface area contributed by atoms with E-state index < -0.39 is 19.4 Å². The molecule has 1 atom stereocenters. The molecule has 0 aliphatic heterocycles.